The van der Waals surface area contributed by atoms with Crippen LogP contribution in [-0.4, -0.2) is 62.9 Å². The van der Waals surface area contributed by atoms with Crippen molar-refractivity contribution in [1.29, 1.82) is 0 Å². The lowest BCUT2D eigenvalue weighted by Crippen LogP contribution is -2.49. The molecule has 2 saturated heterocycles. The number of ether oxygens (including phenoxy) is 2. The minimum Gasteiger partial charge on any atom is -0.490 e. The summed E-state index contributed by atoms with van der Waals surface area (Å²) < 4.78 is 39.3. The summed E-state index contributed by atoms with van der Waals surface area (Å²) in [6, 6.07) is 4.84. The van der Waals surface area contributed by atoms with Crippen molar-refractivity contribution in [2.45, 2.75) is 56.3 Å². The maximum atomic E-state index is 13.2. The number of carbonyl (C=O) groups excluding carboxylic acids is 1. The summed E-state index contributed by atoms with van der Waals surface area (Å²) in [7, 11) is -3.62. The van der Waals surface area contributed by atoms with E-state index in [0.29, 0.717) is 56.6 Å². The SMILES string of the molecule is O=C(C1CCN(S(=O)(=O)c2ccc3c(c2)OCCCO3)CC1)N1CCC2CCCCC2C1. The van der Waals surface area contributed by atoms with Gasteiger partial charge in [-0.3, -0.25) is 4.79 Å². The van der Waals surface area contributed by atoms with E-state index in [-0.39, 0.29) is 16.7 Å². The van der Waals surface area contributed by atoms with E-state index in [1.54, 1.807) is 18.2 Å². The smallest absolute Gasteiger partial charge is 0.243 e. The zero-order valence-corrected chi connectivity index (χ0v) is 19.5. The number of benzene rings is 1. The number of nitrogens with zero attached hydrogens (tertiary/aromatic N) is 2. The average Bonchev–Trinajstić information content (AvgIpc) is 3.08. The van der Waals surface area contributed by atoms with Crippen molar-refractivity contribution in [2.24, 2.45) is 17.8 Å². The monoisotopic (exact) mass is 462 g/mol. The van der Waals surface area contributed by atoms with Crippen LogP contribution in [0.4, 0.5) is 0 Å². The molecule has 2 unspecified atom stereocenters. The zero-order chi connectivity index (χ0) is 22.1. The first-order valence-corrected chi connectivity index (χ1v) is 13.6. The molecule has 8 heteroatoms. The maximum Gasteiger partial charge on any atom is 0.243 e. The minimum atomic E-state index is -3.62. The predicted octanol–water partition coefficient (Wildman–Crippen LogP) is 3.29. The van der Waals surface area contributed by atoms with Gasteiger partial charge >= 0.3 is 0 Å². The fraction of sp³-hybridized carbons (Fsp3) is 0.708. The largest absolute Gasteiger partial charge is 0.490 e. The summed E-state index contributed by atoms with van der Waals surface area (Å²) in [4.78, 5) is 15.5. The van der Waals surface area contributed by atoms with Gasteiger partial charge in [-0.2, -0.15) is 4.31 Å². The van der Waals surface area contributed by atoms with Crippen LogP contribution in [0, 0.1) is 17.8 Å². The summed E-state index contributed by atoms with van der Waals surface area (Å²) in [6.45, 7) is 3.62. The second-order valence-corrected chi connectivity index (χ2v) is 11.7. The van der Waals surface area contributed by atoms with Gasteiger partial charge in [0.25, 0.3) is 0 Å². The molecule has 1 saturated carbocycles. The molecule has 4 aliphatic rings. The molecule has 3 heterocycles. The van der Waals surface area contributed by atoms with Gasteiger partial charge in [-0.15, -0.1) is 0 Å². The van der Waals surface area contributed by atoms with Gasteiger partial charge in [0.2, 0.25) is 15.9 Å². The number of fused-ring (bicyclic) bond motifs is 2. The number of rotatable bonds is 3. The molecule has 0 aromatic heterocycles. The van der Waals surface area contributed by atoms with Gasteiger partial charge in [0.05, 0.1) is 18.1 Å². The quantitative estimate of drug-likeness (QED) is 0.689. The van der Waals surface area contributed by atoms with Crippen molar-refractivity contribution in [3.05, 3.63) is 18.2 Å². The molecule has 0 bridgehead atoms. The Morgan fingerprint density at radius 3 is 2.34 bits per heavy atom. The maximum absolute atomic E-state index is 13.2. The average molecular weight is 463 g/mol. The van der Waals surface area contributed by atoms with Crippen LogP contribution in [0.25, 0.3) is 0 Å². The highest BCUT2D eigenvalue weighted by atomic mass is 32.2. The Morgan fingerprint density at radius 2 is 1.56 bits per heavy atom. The minimum absolute atomic E-state index is 0.0645. The van der Waals surface area contributed by atoms with Gasteiger partial charge in [-0.1, -0.05) is 19.3 Å². The first-order chi connectivity index (χ1) is 15.5. The molecular formula is C24H34N2O5S. The number of piperidine rings is 2. The third-order valence-corrected chi connectivity index (χ3v) is 9.66. The van der Waals surface area contributed by atoms with E-state index < -0.39 is 10.0 Å². The molecular weight excluding hydrogens is 428 g/mol. The van der Waals surface area contributed by atoms with Crippen molar-refractivity contribution in [1.82, 2.24) is 9.21 Å². The molecule has 1 aromatic rings. The molecule has 0 radical (unpaired) electrons. The summed E-state index contributed by atoms with van der Waals surface area (Å²) in [6.07, 6.45) is 8.29. The molecule has 7 nitrogen and oxygen atoms in total. The Balaban J connectivity index is 1.20. The molecule has 0 spiro atoms. The third kappa shape index (κ3) is 4.36. The van der Waals surface area contributed by atoms with Crippen molar-refractivity contribution in [3.8, 4) is 11.5 Å². The molecule has 1 aromatic carbocycles. The second kappa shape index (κ2) is 9.21. The van der Waals surface area contributed by atoms with Crippen LogP contribution >= 0.6 is 0 Å². The molecule has 2 atom stereocenters. The number of sulfonamides is 1. The van der Waals surface area contributed by atoms with Gasteiger partial charge in [-0.25, -0.2) is 8.42 Å². The van der Waals surface area contributed by atoms with Crippen LogP contribution in [0.5, 0.6) is 11.5 Å². The molecule has 1 aliphatic carbocycles. The third-order valence-electron chi connectivity index (χ3n) is 7.76. The Morgan fingerprint density at radius 1 is 0.844 bits per heavy atom. The van der Waals surface area contributed by atoms with Gasteiger partial charge in [0.15, 0.2) is 11.5 Å². The predicted molar refractivity (Wildman–Crippen MR) is 120 cm³/mol. The molecule has 32 heavy (non-hydrogen) atoms. The first-order valence-electron chi connectivity index (χ1n) is 12.2. The number of hydrogen-bond donors (Lipinski definition) is 0. The van der Waals surface area contributed by atoms with E-state index in [1.165, 1.54) is 30.0 Å². The van der Waals surface area contributed by atoms with Crippen LogP contribution in [0.15, 0.2) is 23.1 Å². The fourth-order valence-corrected chi connectivity index (χ4v) is 7.34. The summed E-state index contributed by atoms with van der Waals surface area (Å²) in [5.74, 6) is 2.72. The van der Waals surface area contributed by atoms with Crippen molar-refractivity contribution >= 4 is 15.9 Å². The molecule has 3 fully saturated rings. The van der Waals surface area contributed by atoms with Crippen LogP contribution in [0.3, 0.4) is 0 Å². The fourth-order valence-electron chi connectivity index (χ4n) is 5.86. The van der Waals surface area contributed by atoms with Gasteiger partial charge in [0, 0.05) is 44.6 Å². The Labute approximate surface area is 191 Å². The van der Waals surface area contributed by atoms with E-state index in [1.807, 2.05) is 0 Å². The second-order valence-electron chi connectivity index (χ2n) is 9.71. The standard InChI is InChI=1S/C24H34N2O5S/c27-24(25-11-8-18-4-1-2-5-20(18)17-25)19-9-12-26(13-10-19)32(28,29)21-6-7-22-23(16-21)31-15-3-14-30-22/h6-7,16,18-20H,1-5,8-15,17H2. The molecule has 176 valence electrons. The van der Waals surface area contributed by atoms with E-state index in [0.717, 1.165) is 31.8 Å². The number of amides is 1. The Hall–Kier alpha value is -1.80. The Bertz CT molecular complexity index is 942. The van der Waals surface area contributed by atoms with Crippen molar-refractivity contribution < 1.29 is 22.7 Å². The van der Waals surface area contributed by atoms with E-state index in [9.17, 15) is 13.2 Å². The van der Waals surface area contributed by atoms with Crippen LogP contribution in [-0.2, 0) is 14.8 Å². The molecule has 3 aliphatic heterocycles. The van der Waals surface area contributed by atoms with Crippen LogP contribution in [0.1, 0.15) is 51.4 Å². The summed E-state index contributed by atoms with van der Waals surface area (Å²) in [5, 5.41) is 0. The van der Waals surface area contributed by atoms with E-state index in [2.05, 4.69) is 4.90 Å². The lowest BCUT2D eigenvalue weighted by molar-refractivity contribution is -0.139. The van der Waals surface area contributed by atoms with Gasteiger partial charge in [0.1, 0.15) is 0 Å². The molecule has 0 N–H and O–H groups in total. The highest BCUT2D eigenvalue weighted by Crippen LogP contribution is 2.37. The summed E-state index contributed by atoms with van der Waals surface area (Å²) in [5.41, 5.74) is 0. The Kier molecular flexibility index (Phi) is 6.34. The first kappa shape index (κ1) is 22.0. The lowest BCUT2D eigenvalue weighted by atomic mass is 9.75. The highest BCUT2D eigenvalue weighted by Gasteiger charge is 2.38. The number of hydrogen-bond acceptors (Lipinski definition) is 5. The lowest BCUT2D eigenvalue weighted by Gasteiger charge is -2.43. The molecule has 5 rings (SSSR count). The van der Waals surface area contributed by atoms with Gasteiger partial charge in [-0.05, 0) is 49.7 Å². The van der Waals surface area contributed by atoms with Crippen LogP contribution < -0.4 is 9.47 Å². The molecule has 1 amide bonds. The normalized spacial score (nSPS) is 27.4. The highest BCUT2D eigenvalue weighted by molar-refractivity contribution is 7.89. The number of carbonyl (C=O) groups is 1. The van der Waals surface area contributed by atoms with Crippen LogP contribution in [0.2, 0.25) is 0 Å². The summed E-state index contributed by atoms with van der Waals surface area (Å²) >= 11 is 0. The van der Waals surface area contributed by atoms with Crippen molar-refractivity contribution in [3.63, 3.8) is 0 Å². The van der Waals surface area contributed by atoms with E-state index in [4.69, 9.17) is 9.47 Å². The van der Waals surface area contributed by atoms with E-state index >= 15 is 0 Å². The zero-order valence-electron chi connectivity index (χ0n) is 18.7. The number of likely N-dealkylation sites (tertiary alicyclic amines) is 1. The topological polar surface area (TPSA) is 76.2 Å². The van der Waals surface area contributed by atoms with Crippen molar-refractivity contribution in [2.75, 3.05) is 39.4 Å². The van der Waals surface area contributed by atoms with Gasteiger partial charge < -0.3 is 14.4 Å².